The van der Waals surface area contributed by atoms with E-state index < -0.39 is 10.2 Å². The summed E-state index contributed by atoms with van der Waals surface area (Å²) < 4.78 is 29.2. The van der Waals surface area contributed by atoms with E-state index in [0.717, 1.165) is 32.4 Å². The fraction of sp³-hybridized carbons (Fsp3) is 1.00. The Morgan fingerprint density at radius 1 is 1.28 bits per heavy atom. The molecule has 2 heterocycles. The number of nitrogens with one attached hydrogen (secondary N) is 2. The second kappa shape index (κ2) is 5.86. The van der Waals surface area contributed by atoms with Crippen LogP contribution in [0.5, 0.6) is 0 Å². The molecule has 0 bridgehead atoms. The van der Waals surface area contributed by atoms with E-state index in [1.54, 1.807) is 4.31 Å². The van der Waals surface area contributed by atoms with E-state index in [0.29, 0.717) is 24.9 Å². The molecule has 2 aliphatic rings. The van der Waals surface area contributed by atoms with Crippen LogP contribution in [0.15, 0.2) is 0 Å². The summed E-state index contributed by atoms with van der Waals surface area (Å²) in [7, 11) is -3.29. The summed E-state index contributed by atoms with van der Waals surface area (Å²) in [5.74, 6) is 0.830. The second-order valence-corrected chi connectivity index (χ2v) is 7.51. The molecule has 2 fully saturated rings. The molecule has 0 aromatic rings. The minimum atomic E-state index is -3.29. The fourth-order valence-electron chi connectivity index (χ4n) is 2.82. The zero-order valence-electron chi connectivity index (χ0n) is 11.4. The molecule has 5 nitrogen and oxygen atoms in total. The third-order valence-electron chi connectivity index (χ3n) is 4.05. The van der Waals surface area contributed by atoms with E-state index in [4.69, 9.17) is 0 Å². The van der Waals surface area contributed by atoms with E-state index in [1.807, 2.05) is 0 Å². The average molecular weight is 275 g/mol. The van der Waals surface area contributed by atoms with Crippen molar-refractivity contribution in [3.8, 4) is 0 Å². The maximum absolute atomic E-state index is 12.3. The lowest BCUT2D eigenvalue weighted by Gasteiger charge is -2.34. The molecule has 0 spiro atoms. The van der Waals surface area contributed by atoms with Crippen LogP contribution in [0.1, 0.15) is 33.1 Å². The van der Waals surface area contributed by atoms with E-state index in [1.165, 1.54) is 0 Å². The van der Waals surface area contributed by atoms with Crippen LogP contribution >= 0.6 is 0 Å². The number of hydrogen-bond donors (Lipinski definition) is 2. The average Bonchev–Trinajstić information content (AvgIpc) is 2.32. The van der Waals surface area contributed by atoms with Crippen LogP contribution < -0.4 is 10.0 Å². The summed E-state index contributed by atoms with van der Waals surface area (Å²) in [6.45, 7) is 7.33. The summed E-state index contributed by atoms with van der Waals surface area (Å²) in [5.41, 5.74) is 0. The molecule has 2 saturated heterocycles. The van der Waals surface area contributed by atoms with Crippen molar-refractivity contribution in [2.75, 3.05) is 26.2 Å². The highest BCUT2D eigenvalue weighted by atomic mass is 32.2. The minimum Gasteiger partial charge on any atom is -0.316 e. The quantitative estimate of drug-likeness (QED) is 0.791. The van der Waals surface area contributed by atoms with Crippen LogP contribution in [0, 0.1) is 11.8 Å². The highest BCUT2D eigenvalue weighted by Gasteiger charge is 2.31. The van der Waals surface area contributed by atoms with Gasteiger partial charge in [0.2, 0.25) is 0 Å². The van der Waals surface area contributed by atoms with Crippen molar-refractivity contribution in [3.63, 3.8) is 0 Å². The topological polar surface area (TPSA) is 61.4 Å². The van der Waals surface area contributed by atoms with Gasteiger partial charge in [0.25, 0.3) is 10.2 Å². The first-order valence-corrected chi connectivity index (χ1v) is 8.41. The largest absolute Gasteiger partial charge is 0.316 e. The van der Waals surface area contributed by atoms with Gasteiger partial charge in [0, 0.05) is 19.1 Å². The van der Waals surface area contributed by atoms with Crippen LogP contribution in [-0.2, 0) is 10.2 Å². The molecule has 0 aromatic carbocycles. The van der Waals surface area contributed by atoms with Crippen molar-refractivity contribution in [2.45, 2.75) is 39.2 Å². The van der Waals surface area contributed by atoms with Crippen molar-refractivity contribution in [1.29, 1.82) is 0 Å². The molecule has 2 rings (SSSR count). The third kappa shape index (κ3) is 3.44. The maximum Gasteiger partial charge on any atom is 0.279 e. The van der Waals surface area contributed by atoms with Gasteiger partial charge < -0.3 is 5.32 Å². The first-order chi connectivity index (χ1) is 8.49. The predicted octanol–water partition coefficient (Wildman–Crippen LogP) is 0.551. The zero-order chi connectivity index (χ0) is 13.2. The minimum absolute atomic E-state index is 0.0773. The van der Waals surface area contributed by atoms with Crippen molar-refractivity contribution in [2.24, 2.45) is 11.8 Å². The Balaban J connectivity index is 1.97. The van der Waals surface area contributed by atoms with Gasteiger partial charge in [0.05, 0.1) is 0 Å². The highest BCUT2D eigenvalue weighted by Crippen LogP contribution is 2.19. The molecule has 0 aliphatic carbocycles. The summed E-state index contributed by atoms with van der Waals surface area (Å²) >= 11 is 0. The van der Waals surface area contributed by atoms with E-state index in [9.17, 15) is 8.42 Å². The van der Waals surface area contributed by atoms with Crippen LogP contribution in [0.3, 0.4) is 0 Å². The SMILES string of the molecule is C[C@@H]1CCCN(S(=O)(=O)N[C@H]2CCNC[C@@H]2C)C1. The van der Waals surface area contributed by atoms with Crippen molar-refractivity contribution < 1.29 is 8.42 Å². The predicted molar refractivity (Wildman–Crippen MR) is 72.5 cm³/mol. The van der Waals surface area contributed by atoms with Gasteiger partial charge in [-0.05, 0) is 44.2 Å². The third-order valence-corrected chi connectivity index (χ3v) is 5.66. The monoisotopic (exact) mass is 275 g/mol. The number of piperidine rings is 2. The Morgan fingerprint density at radius 3 is 2.72 bits per heavy atom. The normalized spacial score (nSPS) is 35.6. The molecule has 106 valence electrons. The number of nitrogens with zero attached hydrogens (tertiary/aromatic N) is 1. The Hall–Kier alpha value is -0.170. The zero-order valence-corrected chi connectivity index (χ0v) is 12.2. The molecule has 18 heavy (non-hydrogen) atoms. The van der Waals surface area contributed by atoms with E-state index in [2.05, 4.69) is 23.9 Å². The number of rotatable bonds is 3. The molecule has 6 heteroatoms. The Kier molecular flexibility index (Phi) is 4.64. The second-order valence-electron chi connectivity index (χ2n) is 5.80. The molecular weight excluding hydrogens is 250 g/mol. The van der Waals surface area contributed by atoms with Crippen molar-refractivity contribution >= 4 is 10.2 Å². The van der Waals surface area contributed by atoms with Gasteiger partial charge in [-0.1, -0.05) is 13.8 Å². The molecule has 0 amide bonds. The molecule has 2 aliphatic heterocycles. The fourth-order valence-corrected chi connectivity index (χ4v) is 4.52. The van der Waals surface area contributed by atoms with Gasteiger partial charge in [-0.2, -0.15) is 17.4 Å². The van der Waals surface area contributed by atoms with Crippen molar-refractivity contribution in [1.82, 2.24) is 14.3 Å². The molecule has 0 aromatic heterocycles. The van der Waals surface area contributed by atoms with Gasteiger partial charge in [0.1, 0.15) is 0 Å². The first-order valence-electron chi connectivity index (χ1n) is 6.97. The maximum atomic E-state index is 12.3. The summed E-state index contributed by atoms with van der Waals surface area (Å²) in [6, 6.07) is 0.0773. The summed E-state index contributed by atoms with van der Waals surface area (Å²) in [4.78, 5) is 0. The summed E-state index contributed by atoms with van der Waals surface area (Å²) in [5, 5.41) is 3.29. The first kappa shape index (κ1) is 14.2. The van der Waals surface area contributed by atoms with Crippen molar-refractivity contribution in [3.05, 3.63) is 0 Å². The van der Waals surface area contributed by atoms with E-state index in [-0.39, 0.29) is 6.04 Å². The van der Waals surface area contributed by atoms with Crippen LogP contribution in [0.25, 0.3) is 0 Å². The highest BCUT2D eigenvalue weighted by molar-refractivity contribution is 7.87. The van der Waals surface area contributed by atoms with Gasteiger partial charge in [-0.3, -0.25) is 0 Å². The van der Waals surface area contributed by atoms with Gasteiger partial charge in [-0.25, -0.2) is 0 Å². The van der Waals surface area contributed by atoms with Crippen LogP contribution in [0.4, 0.5) is 0 Å². The Labute approximate surface area is 110 Å². The lowest BCUT2D eigenvalue weighted by atomic mass is 9.97. The van der Waals surface area contributed by atoms with Crippen LogP contribution in [0.2, 0.25) is 0 Å². The summed E-state index contributed by atoms with van der Waals surface area (Å²) in [6.07, 6.45) is 2.99. The van der Waals surface area contributed by atoms with Gasteiger partial charge in [-0.15, -0.1) is 0 Å². The molecule has 0 saturated carbocycles. The molecule has 2 N–H and O–H groups in total. The molecule has 0 radical (unpaired) electrons. The Bertz CT molecular complexity index is 372. The lowest BCUT2D eigenvalue weighted by molar-refractivity contribution is 0.267. The van der Waals surface area contributed by atoms with E-state index >= 15 is 0 Å². The Morgan fingerprint density at radius 2 is 2.06 bits per heavy atom. The smallest absolute Gasteiger partial charge is 0.279 e. The van der Waals surface area contributed by atoms with Crippen LogP contribution in [-0.4, -0.2) is 44.9 Å². The molecule has 3 atom stereocenters. The molecular formula is C12H25N3O2S. The standard InChI is InChI=1S/C12H25N3O2S/c1-10-4-3-7-15(9-10)18(16,17)14-12-5-6-13-8-11(12)2/h10-14H,3-9H2,1-2H3/t10-,11+,12+/m1/s1. The molecule has 0 unspecified atom stereocenters. The lowest BCUT2D eigenvalue weighted by Crippen LogP contribution is -2.53. The number of hydrogen-bond acceptors (Lipinski definition) is 3. The van der Waals surface area contributed by atoms with Gasteiger partial charge in [0.15, 0.2) is 0 Å². The van der Waals surface area contributed by atoms with Gasteiger partial charge >= 0.3 is 0 Å².